The molecule has 1 aliphatic rings. The third kappa shape index (κ3) is 4.70. The van der Waals surface area contributed by atoms with Crippen LogP contribution in [0.1, 0.15) is 0 Å². The second-order valence-corrected chi connectivity index (χ2v) is 20.9. The van der Waals surface area contributed by atoms with Crippen LogP contribution in [0.3, 0.4) is 0 Å². The standard InChI is InChI=1S/C60H39N3Si/c1-4-18-40(19-5-1)61-51-28-14-10-24-45(51)50-38-41(33-35-54(50)61)62-52-29-15-11-26-48(52)59-55(62)36-37-56-60(59)49-27-12-16-30-53(49)63(56)42-32-34-47-46-25-13-17-31-57(46)64(58(47)39-42,43-20-6-2-7-21-43)44-22-8-3-9-23-44/h1-39H. The molecule has 0 fully saturated rings. The fraction of sp³-hybridized carbons (Fsp3) is 0. The number of fused-ring (bicyclic) bond motifs is 13. The highest BCUT2D eigenvalue weighted by atomic mass is 28.3. The Morgan fingerprint density at radius 2 is 0.672 bits per heavy atom. The predicted octanol–water partition coefficient (Wildman–Crippen LogP) is 12.3. The molecular formula is C60H39N3Si. The van der Waals surface area contributed by atoms with Crippen molar-refractivity contribution >= 4 is 94.2 Å². The first kappa shape index (κ1) is 35.4. The molecule has 3 aromatic heterocycles. The number of benzene rings is 10. The molecule has 4 heterocycles. The SMILES string of the molecule is c1ccc(-n2c3ccccc3c3cc(-n4c5ccccc5c5c6c7ccccc7n(-c7ccc8c(c7)[Si](c7ccccc7)(c7ccccc7)c7ccccc7-8)c6ccc54)ccc32)cc1. The van der Waals surface area contributed by atoms with Crippen molar-refractivity contribution in [3.8, 4) is 28.2 Å². The maximum Gasteiger partial charge on any atom is 0.180 e. The van der Waals surface area contributed by atoms with Crippen molar-refractivity contribution in [3.05, 3.63) is 237 Å². The van der Waals surface area contributed by atoms with E-state index in [1.54, 1.807) is 0 Å². The maximum absolute atomic E-state index is 2.69. The molecule has 0 atom stereocenters. The maximum atomic E-state index is 2.54. The molecule has 3 nitrogen and oxygen atoms in total. The largest absolute Gasteiger partial charge is 0.309 e. The number of nitrogens with zero attached hydrogens (tertiary/aromatic N) is 3. The van der Waals surface area contributed by atoms with Crippen molar-refractivity contribution in [2.45, 2.75) is 0 Å². The van der Waals surface area contributed by atoms with Gasteiger partial charge in [0.2, 0.25) is 0 Å². The van der Waals surface area contributed by atoms with Crippen LogP contribution >= 0.6 is 0 Å². The Bertz CT molecular complexity index is 3970. The summed E-state index contributed by atoms with van der Waals surface area (Å²) < 4.78 is 7.40. The molecule has 10 aromatic carbocycles. The van der Waals surface area contributed by atoms with Crippen molar-refractivity contribution in [2.24, 2.45) is 0 Å². The van der Waals surface area contributed by atoms with Crippen LogP contribution in [0.2, 0.25) is 0 Å². The van der Waals surface area contributed by atoms with E-state index >= 15 is 0 Å². The minimum atomic E-state index is -2.69. The third-order valence-electron chi connectivity index (χ3n) is 14.1. The van der Waals surface area contributed by atoms with Crippen LogP contribution in [0.25, 0.3) is 93.6 Å². The molecule has 0 N–H and O–H groups in total. The Kier molecular flexibility index (Phi) is 7.42. The first-order chi connectivity index (χ1) is 31.8. The van der Waals surface area contributed by atoms with Gasteiger partial charge in [-0.2, -0.15) is 0 Å². The molecule has 4 heteroatoms. The highest BCUT2D eigenvalue weighted by Gasteiger charge is 2.48. The van der Waals surface area contributed by atoms with Crippen molar-refractivity contribution < 1.29 is 0 Å². The van der Waals surface area contributed by atoms with E-state index in [0.717, 1.165) is 11.4 Å². The molecule has 0 bridgehead atoms. The number of hydrogen-bond acceptors (Lipinski definition) is 0. The van der Waals surface area contributed by atoms with Gasteiger partial charge in [0.1, 0.15) is 0 Å². The van der Waals surface area contributed by atoms with Gasteiger partial charge < -0.3 is 13.7 Å². The Hall–Kier alpha value is -8.18. The summed E-state index contributed by atoms with van der Waals surface area (Å²) in [5.74, 6) is 0. The lowest BCUT2D eigenvalue weighted by atomic mass is 10.1. The number of aromatic nitrogens is 3. The van der Waals surface area contributed by atoms with Crippen molar-refractivity contribution in [1.82, 2.24) is 13.7 Å². The average Bonchev–Trinajstić information content (AvgIpc) is 4.08. The van der Waals surface area contributed by atoms with E-state index in [1.807, 2.05) is 0 Å². The van der Waals surface area contributed by atoms with Gasteiger partial charge in [-0.1, -0.05) is 164 Å². The summed E-state index contributed by atoms with van der Waals surface area (Å²) in [6.07, 6.45) is 0. The smallest absolute Gasteiger partial charge is 0.180 e. The molecule has 64 heavy (non-hydrogen) atoms. The molecule has 0 unspecified atom stereocenters. The Morgan fingerprint density at radius 1 is 0.250 bits per heavy atom. The summed E-state index contributed by atoms with van der Waals surface area (Å²) in [5, 5.41) is 13.3. The highest BCUT2D eigenvalue weighted by molar-refractivity contribution is 7.22. The molecule has 0 amide bonds. The summed E-state index contributed by atoms with van der Waals surface area (Å²) in [7, 11) is -2.69. The van der Waals surface area contributed by atoms with Gasteiger partial charge in [0.25, 0.3) is 0 Å². The van der Waals surface area contributed by atoms with Gasteiger partial charge in [0.05, 0.1) is 33.1 Å². The van der Waals surface area contributed by atoms with Gasteiger partial charge in [0, 0.05) is 49.4 Å². The Morgan fingerprint density at radius 3 is 1.30 bits per heavy atom. The number of para-hydroxylation sites is 4. The predicted molar refractivity (Wildman–Crippen MR) is 272 cm³/mol. The molecular weight excluding hydrogens is 791 g/mol. The van der Waals surface area contributed by atoms with Gasteiger partial charge in [-0.3, -0.25) is 0 Å². The van der Waals surface area contributed by atoms with E-state index in [-0.39, 0.29) is 0 Å². The fourth-order valence-corrected chi connectivity index (χ4v) is 16.8. The number of hydrogen-bond donors (Lipinski definition) is 0. The molecule has 13 aromatic rings. The van der Waals surface area contributed by atoms with E-state index in [1.165, 1.54) is 103 Å². The molecule has 0 saturated heterocycles. The van der Waals surface area contributed by atoms with Crippen molar-refractivity contribution in [3.63, 3.8) is 0 Å². The third-order valence-corrected chi connectivity index (χ3v) is 19.0. The Balaban J connectivity index is 1.03. The van der Waals surface area contributed by atoms with E-state index in [0.29, 0.717) is 0 Å². The summed E-state index contributed by atoms with van der Waals surface area (Å²) in [5.41, 5.74) is 13.4. The van der Waals surface area contributed by atoms with Crippen molar-refractivity contribution in [1.29, 1.82) is 0 Å². The van der Waals surface area contributed by atoms with Crippen LogP contribution < -0.4 is 20.7 Å². The van der Waals surface area contributed by atoms with Crippen LogP contribution in [0.5, 0.6) is 0 Å². The van der Waals surface area contributed by atoms with E-state index in [2.05, 4.69) is 250 Å². The lowest BCUT2D eigenvalue weighted by Gasteiger charge is -2.31. The van der Waals surface area contributed by atoms with Crippen LogP contribution in [0.4, 0.5) is 0 Å². The van der Waals surface area contributed by atoms with Gasteiger partial charge in [-0.15, -0.1) is 0 Å². The zero-order valence-corrected chi connectivity index (χ0v) is 35.9. The molecule has 14 rings (SSSR count). The summed E-state index contributed by atoms with van der Waals surface area (Å²) >= 11 is 0. The van der Waals surface area contributed by atoms with Gasteiger partial charge in [0.15, 0.2) is 8.07 Å². The van der Waals surface area contributed by atoms with Gasteiger partial charge >= 0.3 is 0 Å². The quantitative estimate of drug-likeness (QED) is 0.154. The van der Waals surface area contributed by atoms with E-state index in [4.69, 9.17) is 0 Å². The lowest BCUT2D eigenvalue weighted by molar-refractivity contribution is 1.16. The molecule has 0 spiro atoms. The second-order valence-electron chi connectivity index (χ2n) is 17.2. The minimum Gasteiger partial charge on any atom is -0.309 e. The van der Waals surface area contributed by atoms with Gasteiger partial charge in [-0.05, 0) is 105 Å². The summed E-state index contributed by atoms with van der Waals surface area (Å²) in [4.78, 5) is 0. The molecule has 0 aliphatic carbocycles. The highest BCUT2D eigenvalue weighted by Crippen LogP contribution is 2.43. The second kappa shape index (κ2) is 13.4. The zero-order chi connectivity index (χ0) is 41.9. The monoisotopic (exact) mass is 829 g/mol. The molecule has 0 saturated carbocycles. The van der Waals surface area contributed by atoms with Crippen LogP contribution in [0, 0.1) is 0 Å². The van der Waals surface area contributed by atoms with Crippen LogP contribution in [-0.4, -0.2) is 21.8 Å². The summed E-state index contributed by atoms with van der Waals surface area (Å²) in [6.45, 7) is 0. The fourth-order valence-electron chi connectivity index (χ4n) is 11.6. The Labute approximate surface area is 370 Å². The van der Waals surface area contributed by atoms with E-state index < -0.39 is 8.07 Å². The lowest BCUT2D eigenvalue weighted by Crippen LogP contribution is -2.72. The normalized spacial score (nSPS) is 13.1. The molecule has 298 valence electrons. The first-order valence-corrected chi connectivity index (χ1v) is 24.2. The summed E-state index contributed by atoms with van der Waals surface area (Å²) in [6, 6.07) is 88.3. The van der Waals surface area contributed by atoms with E-state index in [9.17, 15) is 0 Å². The molecule has 0 radical (unpaired) electrons. The molecule has 1 aliphatic heterocycles. The van der Waals surface area contributed by atoms with Crippen LogP contribution in [0.15, 0.2) is 237 Å². The topological polar surface area (TPSA) is 14.8 Å². The average molecular weight is 830 g/mol. The zero-order valence-electron chi connectivity index (χ0n) is 34.9. The first-order valence-electron chi connectivity index (χ1n) is 22.2. The van der Waals surface area contributed by atoms with Gasteiger partial charge in [-0.25, -0.2) is 0 Å². The minimum absolute atomic E-state index is 1.15. The van der Waals surface area contributed by atoms with Crippen LogP contribution in [-0.2, 0) is 0 Å². The number of rotatable bonds is 5. The van der Waals surface area contributed by atoms with Crippen molar-refractivity contribution in [2.75, 3.05) is 0 Å².